The first-order chi connectivity index (χ1) is 8.25. The van der Waals surface area contributed by atoms with Crippen LogP contribution in [0, 0.1) is 5.92 Å². The highest BCUT2D eigenvalue weighted by atomic mass is 35.5. The number of nitrogens with one attached hydrogen (secondary N) is 1. The van der Waals surface area contributed by atoms with E-state index in [2.05, 4.69) is 15.3 Å². The van der Waals surface area contributed by atoms with Crippen LogP contribution >= 0.6 is 11.6 Å². The smallest absolute Gasteiger partial charge is 0.271 e. The molecular formula is C11H14ClN3O2. The number of amides is 1. The van der Waals surface area contributed by atoms with Gasteiger partial charge in [0.05, 0.1) is 12.4 Å². The molecule has 6 heteroatoms. The van der Waals surface area contributed by atoms with Crippen LogP contribution in [0.1, 0.15) is 23.3 Å². The molecule has 1 saturated heterocycles. The minimum absolute atomic E-state index is 0.224. The second-order valence-corrected chi connectivity index (χ2v) is 4.39. The first-order valence-electron chi connectivity index (χ1n) is 5.59. The maximum Gasteiger partial charge on any atom is 0.271 e. The van der Waals surface area contributed by atoms with E-state index in [1.165, 1.54) is 12.4 Å². The monoisotopic (exact) mass is 255 g/mol. The summed E-state index contributed by atoms with van der Waals surface area (Å²) in [5.74, 6) is 0.319. The zero-order chi connectivity index (χ0) is 12.1. The highest BCUT2D eigenvalue weighted by Crippen LogP contribution is 2.15. The molecule has 1 fully saturated rings. The van der Waals surface area contributed by atoms with Crippen molar-refractivity contribution in [3.05, 3.63) is 23.2 Å². The molecule has 2 rings (SSSR count). The highest BCUT2D eigenvalue weighted by molar-refractivity contribution is 6.29. The zero-order valence-corrected chi connectivity index (χ0v) is 10.1. The lowest BCUT2D eigenvalue weighted by Gasteiger charge is -2.08. The lowest BCUT2D eigenvalue weighted by atomic mass is 10.1. The zero-order valence-electron chi connectivity index (χ0n) is 9.36. The molecule has 1 amide bonds. The molecule has 0 aliphatic carbocycles. The summed E-state index contributed by atoms with van der Waals surface area (Å²) in [5, 5.41) is 3.02. The van der Waals surface area contributed by atoms with Gasteiger partial charge in [-0.15, -0.1) is 0 Å². The molecule has 1 atom stereocenters. The number of ether oxygens (including phenoxy) is 1. The number of hydrogen-bond donors (Lipinski definition) is 1. The average molecular weight is 256 g/mol. The van der Waals surface area contributed by atoms with Crippen LogP contribution in [-0.2, 0) is 4.74 Å². The number of carbonyl (C=O) groups is 1. The number of halogens is 1. The van der Waals surface area contributed by atoms with Gasteiger partial charge in [-0.2, -0.15) is 0 Å². The van der Waals surface area contributed by atoms with Crippen molar-refractivity contribution in [3.63, 3.8) is 0 Å². The first-order valence-corrected chi connectivity index (χ1v) is 5.97. The summed E-state index contributed by atoms with van der Waals surface area (Å²) >= 11 is 5.66. The van der Waals surface area contributed by atoms with Crippen molar-refractivity contribution >= 4 is 17.5 Å². The molecular weight excluding hydrogens is 242 g/mol. The summed E-state index contributed by atoms with van der Waals surface area (Å²) in [6.07, 6.45) is 4.81. The quantitative estimate of drug-likeness (QED) is 0.881. The Balaban J connectivity index is 1.77. The van der Waals surface area contributed by atoms with Gasteiger partial charge < -0.3 is 10.1 Å². The third-order valence-electron chi connectivity index (χ3n) is 2.70. The summed E-state index contributed by atoms with van der Waals surface area (Å²) < 4.78 is 5.26. The van der Waals surface area contributed by atoms with Crippen LogP contribution in [0.25, 0.3) is 0 Å². The van der Waals surface area contributed by atoms with E-state index in [-0.39, 0.29) is 16.8 Å². The Bertz CT molecular complexity index is 394. The van der Waals surface area contributed by atoms with Crippen molar-refractivity contribution in [2.24, 2.45) is 5.92 Å². The summed E-state index contributed by atoms with van der Waals surface area (Å²) in [7, 11) is 0. The molecule has 1 aromatic heterocycles. The number of nitrogens with zero attached hydrogens (tertiary/aromatic N) is 2. The van der Waals surface area contributed by atoms with E-state index in [0.29, 0.717) is 12.5 Å². The van der Waals surface area contributed by atoms with Crippen molar-refractivity contribution in [1.29, 1.82) is 0 Å². The minimum atomic E-state index is -0.237. The molecule has 0 saturated carbocycles. The Morgan fingerprint density at radius 2 is 2.47 bits per heavy atom. The van der Waals surface area contributed by atoms with Gasteiger partial charge in [-0.05, 0) is 18.8 Å². The first kappa shape index (κ1) is 12.3. The number of rotatable bonds is 4. The van der Waals surface area contributed by atoms with E-state index in [4.69, 9.17) is 16.3 Å². The summed E-state index contributed by atoms with van der Waals surface area (Å²) in [6.45, 7) is 2.26. The highest BCUT2D eigenvalue weighted by Gasteiger charge is 2.15. The normalized spacial score (nSPS) is 19.2. The second-order valence-electron chi connectivity index (χ2n) is 4.00. The van der Waals surface area contributed by atoms with E-state index in [1.54, 1.807) is 0 Å². The van der Waals surface area contributed by atoms with Gasteiger partial charge in [0, 0.05) is 19.8 Å². The van der Waals surface area contributed by atoms with Crippen LogP contribution < -0.4 is 5.32 Å². The van der Waals surface area contributed by atoms with Crippen LogP contribution in [-0.4, -0.2) is 35.6 Å². The fourth-order valence-electron chi connectivity index (χ4n) is 1.74. The molecule has 1 aliphatic heterocycles. The lowest BCUT2D eigenvalue weighted by Crippen LogP contribution is -2.27. The van der Waals surface area contributed by atoms with Crippen LogP contribution in [0.15, 0.2) is 12.4 Å². The van der Waals surface area contributed by atoms with Gasteiger partial charge in [0.25, 0.3) is 5.91 Å². The van der Waals surface area contributed by atoms with Gasteiger partial charge >= 0.3 is 0 Å². The van der Waals surface area contributed by atoms with E-state index >= 15 is 0 Å². The predicted molar refractivity (Wildman–Crippen MR) is 62.9 cm³/mol. The third-order valence-corrected chi connectivity index (χ3v) is 2.88. The molecule has 1 N–H and O–H groups in total. The molecule has 1 aromatic rings. The van der Waals surface area contributed by atoms with E-state index < -0.39 is 0 Å². The van der Waals surface area contributed by atoms with Crippen LogP contribution in [0.5, 0.6) is 0 Å². The van der Waals surface area contributed by atoms with Crippen molar-refractivity contribution in [2.75, 3.05) is 19.8 Å². The number of hydrogen-bond acceptors (Lipinski definition) is 4. The Morgan fingerprint density at radius 3 is 3.18 bits per heavy atom. The molecule has 17 heavy (non-hydrogen) atoms. The Morgan fingerprint density at radius 1 is 1.59 bits per heavy atom. The predicted octanol–water partition coefficient (Wildman–Crippen LogP) is 1.29. The van der Waals surface area contributed by atoms with Crippen molar-refractivity contribution in [3.8, 4) is 0 Å². The molecule has 1 unspecified atom stereocenters. The summed E-state index contributed by atoms with van der Waals surface area (Å²) in [5.41, 5.74) is 0.250. The maximum absolute atomic E-state index is 11.7. The standard InChI is InChI=1S/C11H14ClN3O2/c12-10-6-13-5-9(15-10)11(16)14-3-1-8-2-4-17-7-8/h5-6,8H,1-4,7H2,(H,14,16). The second kappa shape index (κ2) is 5.93. The van der Waals surface area contributed by atoms with E-state index in [9.17, 15) is 4.79 Å². The maximum atomic E-state index is 11.7. The Kier molecular flexibility index (Phi) is 4.28. The molecule has 1 aliphatic rings. The van der Waals surface area contributed by atoms with Crippen molar-refractivity contribution < 1.29 is 9.53 Å². The van der Waals surface area contributed by atoms with Gasteiger partial charge in [0.15, 0.2) is 0 Å². The van der Waals surface area contributed by atoms with Gasteiger partial charge in [-0.1, -0.05) is 11.6 Å². The number of carbonyl (C=O) groups excluding carboxylic acids is 1. The largest absolute Gasteiger partial charge is 0.381 e. The fraction of sp³-hybridized carbons (Fsp3) is 0.545. The van der Waals surface area contributed by atoms with Gasteiger partial charge in [-0.3, -0.25) is 9.78 Å². The van der Waals surface area contributed by atoms with Crippen molar-refractivity contribution in [1.82, 2.24) is 15.3 Å². The lowest BCUT2D eigenvalue weighted by molar-refractivity contribution is 0.0945. The van der Waals surface area contributed by atoms with Gasteiger partial charge in [0.1, 0.15) is 10.8 Å². The van der Waals surface area contributed by atoms with Crippen LogP contribution in [0.3, 0.4) is 0 Å². The molecule has 0 spiro atoms. The molecule has 0 bridgehead atoms. The molecule has 2 heterocycles. The molecule has 0 radical (unpaired) electrons. The average Bonchev–Trinajstić information content (AvgIpc) is 2.82. The van der Waals surface area contributed by atoms with Gasteiger partial charge in [0.2, 0.25) is 0 Å². The molecule has 5 nitrogen and oxygen atoms in total. The molecule has 0 aromatic carbocycles. The number of aromatic nitrogens is 2. The van der Waals surface area contributed by atoms with Crippen molar-refractivity contribution in [2.45, 2.75) is 12.8 Å². The van der Waals surface area contributed by atoms with Crippen LogP contribution in [0.4, 0.5) is 0 Å². The topological polar surface area (TPSA) is 64.1 Å². The Labute approximate surface area is 105 Å². The summed E-state index contributed by atoms with van der Waals surface area (Å²) in [6, 6.07) is 0. The minimum Gasteiger partial charge on any atom is -0.381 e. The fourth-order valence-corrected chi connectivity index (χ4v) is 1.89. The molecule has 92 valence electrons. The Hall–Kier alpha value is -1.20. The third kappa shape index (κ3) is 3.64. The van der Waals surface area contributed by atoms with E-state index in [0.717, 1.165) is 26.1 Å². The summed E-state index contributed by atoms with van der Waals surface area (Å²) in [4.78, 5) is 19.4. The SMILES string of the molecule is O=C(NCCC1CCOC1)c1cncc(Cl)n1. The van der Waals surface area contributed by atoms with Gasteiger partial charge in [-0.25, -0.2) is 4.98 Å². The van der Waals surface area contributed by atoms with E-state index in [1.807, 2.05) is 0 Å². The van der Waals surface area contributed by atoms with Crippen LogP contribution in [0.2, 0.25) is 5.15 Å².